The molecule has 1 amide bonds. The van der Waals surface area contributed by atoms with Crippen molar-refractivity contribution >= 4 is 29.7 Å². The van der Waals surface area contributed by atoms with Crippen LogP contribution in [0.25, 0.3) is 11.1 Å². The largest absolute Gasteiger partial charge is 0.465 e. The lowest BCUT2D eigenvalue weighted by atomic mass is 10.0. The molecule has 1 fully saturated rings. The third-order valence-electron chi connectivity index (χ3n) is 4.14. The molecule has 0 bridgehead atoms. The molecule has 1 saturated heterocycles. The van der Waals surface area contributed by atoms with E-state index in [1.54, 1.807) is 4.90 Å². The van der Waals surface area contributed by atoms with E-state index in [9.17, 15) is 18.4 Å². The van der Waals surface area contributed by atoms with Crippen LogP contribution in [0.2, 0.25) is 5.15 Å². The van der Waals surface area contributed by atoms with Crippen LogP contribution in [-0.2, 0) is 0 Å². The Morgan fingerprint density at radius 2 is 2.04 bits per heavy atom. The normalized spacial score (nSPS) is 16.6. The highest BCUT2D eigenvalue weighted by molar-refractivity contribution is 6.33. The van der Waals surface area contributed by atoms with Gasteiger partial charge in [0.1, 0.15) is 16.8 Å². The second-order valence-corrected chi connectivity index (χ2v) is 6.24. The Morgan fingerprint density at radius 1 is 1.35 bits per heavy atom. The van der Waals surface area contributed by atoms with E-state index in [0.717, 1.165) is 18.2 Å². The minimum absolute atomic E-state index is 0.00903. The monoisotopic (exact) mass is 381 g/mol. The van der Waals surface area contributed by atoms with E-state index in [1.165, 1.54) is 6.20 Å². The Hall–Kier alpha value is -2.74. The smallest absolute Gasteiger partial charge is 0.404 e. The van der Waals surface area contributed by atoms with Crippen LogP contribution < -0.4 is 10.2 Å². The fourth-order valence-electron chi connectivity index (χ4n) is 3.13. The molecule has 1 aliphatic heterocycles. The predicted octanol–water partition coefficient (Wildman–Crippen LogP) is 3.34. The summed E-state index contributed by atoms with van der Waals surface area (Å²) in [6, 6.07) is 2.60. The van der Waals surface area contributed by atoms with Gasteiger partial charge in [0.15, 0.2) is 6.29 Å². The zero-order valence-corrected chi connectivity index (χ0v) is 14.1. The van der Waals surface area contributed by atoms with Gasteiger partial charge in [0.25, 0.3) is 0 Å². The number of pyridine rings is 1. The third kappa shape index (κ3) is 3.60. The zero-order chi connectivity index (χ0) is 18.8. The summed E-state index contributed by atoms with van der Waals surface area (Å²) >= 11 is 6.19. The number of amides is 1. The van der Waals surface area contributed by atoms with E-state index in [2.05, 4.69) is 10.3 Å². The van der Waals surface area contributed by atoms with Crippen molar-refractivity contribution in [1.82, 2.24) is 10.3 Å². The summed E-state index contributed by atoms with van der Waals surface area (Å²) in [5, 5.41) is 11.2. The molecule has 0 spiro atoms. The molecule has 1 aliphatic rings. The van der Waals surface area contributed by atoms with Gasteiger partial charge >= 0.3 is 6.09 Å². The molecule has 1 aromatic carbocycles. The first-order valence-electron chi connectivity index (χ1n) is 7.73. The van der Waals surface area contributed by atoms with Gasteiger partial charge in [0.05, 0.1) is 17.3 Å². The summed E-state index contributed by atoms with van der Waals surface area (Å²) in [5.41, 5.74) is 0.948. The van der Waals surface area contributed by atoms with Gasteiger partial charge in [-0.3, -0.25) is 4.79 Å². The van der Waals surface area contributed by atoms with Gasteiger partial charge in [-0.25, -0.2) is 18.6 Å². The molecule has 26 heavy (non-hydrogen) atoms. The summed E-state index contributed by atoms with van der Waals surface area (Å²) in [6.07, 6.45) is 1.23. The van der Waals surface area contributed by atoms with E-state index in [0.29, 0.717) is 24.9 Å². The maximum Gasteiger partial charge on any atom is 0.404 e. The highest BCUT2D eigenvalue weighted by Gasteiger charge is 2.29. The minimum atomic E-state index is -1.15. The lowest BCUT2D eigenvalue weighted by Crippen LogP contribution is -2.36. The molecule has 0 aliphatic carbocycles. The van der Waals surface area contributed by atoms with Crippen LogP contribution in [-0.4, -0.2) is 41.6 Å². The highest BCUT2D eigenvalue weighted by Crippen LogP contribution is 2.39. The summed E-state index contributed by atoms with van der Waals surface area (Å²) in [6.45, 7) is 0.731. The summed E-state index contributed by atoms with van der Waals surface area (Å²) < 4.78 is 27.4. The topological polar surface area (TPSA) is 82.5 Å². The van der Waals surface area contributed by atoms with Gasteiger partial charge in [0.2, 0.25) is 0 Å². The minimum Gasteiger partial charge on any atom is -0.465 e. The van der Waals surface area contributed by atoms with E-state index in [1.807, 2.05) is 0 Å². The molecular formula is C17H14ClF2N3O3. The van der Waals surface area contributed by atoms with Crippen molar-refractivity contribution in [1.29, 1.82) is 0 Å². The number of aldehydes is 1. The van der Waals surface area contributed by atoms with Gasteiger partial charge in [-0.2, -0.15) is 0 Å². The number of hydrogen-bond donors (Lipinski definition) is 2. The van der Waals surface area contributed by atoms with Crippen LogP contribution in [0.5, 0.6) is 0 Å². The van der Waals surface area contributed by atoms with Crippen LogP contribution in [0.4, 0.5) is 19.3 Å². The Kier molecular flexibility index (Phi) is 5.03. The lowest BCUT2D eigenvalue weighted by molar-refractivity contribution is 0.112. The number of benzene rings is 1. The average molecular weight is 382 g/mol. The number of aromatic nitrogens is 1. The Morgan fingerprint density at radius 3 is 2.65 bits per heavy atom. The maximum absolute atomic E-state index is 13.7. The Balaban J connectivity index is 2.10. The second-order valence-electron chi connectivity index (χ2n) is 5.89. The maximum atomic E-state index is 13.7. The molecule has 1 atom stereocenters. The summed E-state index contributed by atoms with van der Waals surface area (Å²) in [4.78, 5) is 28.0. The number of rotatable bonds is 4. The SMILES string of the molecule is O=Cc1cnc(Cl)c(-c2cc(F)cc(F)c2)c1N1CCC(NC(=O)O)C1. The van der Waals surface area contributed by atoms with Crippen molar-refractivity contribution in [2.45, 2.75) is 12.5 Å². The number of anilines is 1. The molecule has 2 N–H and O–H groups in total. The molecule has 6 nitrogen and oxygen atoms in total. The molecular weight excluding hydrogens is 368 g/mol. The van der Waals surface area contributed by atoms with Gasteiger partial charge in [-0.1, -0.05) is 11.6 Å². The van der Waals surface area contributed by atoms with Crippen LogP contribution in [0.3, 0.4) is 0 Å². The lowest BCUT2D eigenvalue weighted by Gasteiger charge is -2.24. The molecule has 9 heteroatoms. The van der Waals surface area contributed by atoms with Crippen LogP contribution in [0.1, 0.15) is 16.8 Å². The molecule has 3 rings (SSSR count). The molecule has 1 aromatic heterocycles. The second kappa shape index (κ2) is 7.25. The number of carbonyl (C=O) groups excluding carboxylic acids is 1. The Bertz CT molecular complexity index is 858. The first-order valence-corrected chi connectivity index (χ1v) is 8.11. The molecule has 1 unspecified atom stereocenters. The van der Waals surface area contributed by atoms with Crippen LogP contribution >= 0.6 is 11.6 Å². The van der Waals surface area contributed by atoms with Gasteiger partial charge in [-0.15, -0.1) is 0 Å². The van der Waals surface area contributed by atoms with E-state index in [-0.39, 0.29) is 34.4 Å². The summed E-state index contributed by atoms with van der Waals surface area (Å²) in [7, 11) is 0. The number of halogens is 3. The van der Waals surface area contributed by atoms with Crippen molar-refractivity contribution in [2.24, 2.45) is 0 Å². The standard InChI is InChI=1S/C17H14ClF2N3O3/c18-16-14(9-3-11(19)5-12(20)4-9)15(10(8-24)6-21-16)23-2-1-13(7-23)22-17(25)26/h3-6,8,13,22H,1-2,7H2,(H,25,26). The zero-order valence-electron chi connectivity index (χ0n) is 13.4. The van der Waals surface area contributed by atoms with Crippen molar-refractivity contribution in [3.63, 3.8) is 0 Å². The number of hydrogen-bond acceptors (Lipinski definition) is 4. The highest BCUT2D eigenvalue weighted by atomic mass is 35.5. The van der Waals surface area contributed by atoms with Crippen LogP contribution in [0.15, 0.2) is 24.4 Å². The van der Waals surface area contributed by atoms with Crippen molar-refractivity contribution in [2.75, 3.05) is 18.0 Å². The first-order chi connectivity index (χ1) is 12.4. The molecule has 2 heterocycles. The fraction of sp³-hybridized carbons (Fsp3) is 0.235. The van der Waals surface area contributed by atoms with Crippen molar-refractivity contribution in [3.05, 3.63) is 46.7 Å². The number of nitrogens with zero attached hydrogens (tertiary/aromatic N) is 2. The summed E-state index contributed by atoms with van der Waals surface area (Å²) in [5.74, 6) is -1.57. The van der Waals surface area contributed by atoms with E-state index < -0.39 is 17.7 Å². The molecule has 136 valence electrons. The van der Waals surface area contributed by atoms with Crippen LogP contribution in [0, 0.1) is 11.6 Å². The third-order valence-corrected chi connectivity index (χ3v) is 4.43. The van der Waals surface area contributed by atoms with Gasteiger partial charge in [0, 0.05) is 30.9 Å². The Labute approximate surface area is 152 Å². The van der Waals surface area contributed by atoms with E-state index >= 15 is 0 Å². The fourth-order valence-corrected chi connectivity index (χ4v) is 3.38. The molecule has 0 saturated carbocycles. The number of carboxylic acid groups (broad SMARTS) is 1. The first kappa shape index (κ1) is 18.1. The molecule has 0 radical (unpaired) electrons. The van der Waals surface area contributed by atoms with Crippen molar-refractivity contribution < 1.29 is 23.5 Å². The van der Waals surface area contributed by atoms with Gasteiger partial charge < -0.3 is 15.3 Å². The number of carbonyl (C=O) groups is 2. The average Bonchev–Trinajstić information content (AvgIpc) is 3.00. The predicted molar refractivity (Wildman–Crippen MR) is 91.8 cm³/mol. The van der Waals surface area contributed by atoms with Crippen molar-refractivity contribution in [3.8, 4) is 11.1 Å². The molecule has 2 aromatic rings. The van der Waals surface area contributed by atoms with E-state index in [4.69, 9.17) is 16.7 Å². The number of nitrogens with one attached hydrogen (secondary N) is 1. The quantitative estimate of drug-likeness (QED) is 0.627. The van der Waals surface area contributed by atoms with Gasteiger partial charge in [-0.05, 0) is 24.1 Å².